The van der Waals surface area contributed by atoms with Crippen LogP contribution in [0.3, 0.4) is 0 Å². The van der Waals surface area contributed by atoms with Crippen molar-refractivity contribution in [2.75, 3.05) is 6.54 Å². The van der Waals surface area contributed by atoms with E-state index in [1.165, 1.54) is 24.3 Å². The summed E-state index contributed by atoms with van der Waals surface area (Å²) in [6.45, 7) is 2.26. The summed E-state index contributed by atoms with van der Waals surface area (Å²) in [6.07, 6.45) is 0.721. The molecule has 88 valence electrons. The molecule has 3 N–H and O–H groups in total. The summed E-state index contributed by atoms with van der Waals surface area (Å²) in [4.78, 5) is 10.9. The summed E-state index contributed by atoms with van der Waals surface area (Å²) in [5.41, 5.74) is 5.34. The van der Waals surface area contributed by atoms with Crippen LogP contribution in [-0.2, 0) is 10.0 Å². The number of nitrogens with one attached hydrogen (secondary N) is 1. The van der Waals surface area contributed by atoms with Crippen LogP contribution < -0.4 is 10.5 Å². The van der Waals surface area contributed by atoms with Crippen LogP contribution in [-0.4, -0.2) is 20.9 Å². The number of amides is 1. The van der Waals surface area contributed by atoms with E-state index in [0.29, 0.717) is 6.54 Å². The largest absolute Gasteiger partial charge is 0.366 e. The van der Waals surface area contributed by atoms with E-state index in [4.69, 9.17) is 5.73 Å². The van der Waals surface area contributed by atoms with Gasteiger partial charge in [-0.1, -0.05) is 6.92 Å². The molecule has 0 saturated heterocycles. The Kier molecular flexibility index (Phi) is 4.03. The molecule has 0 atom stereocenters. The number of nitrogens with two attached hydrogens (primary N) is 1. The fraction of sp³-hybridized carbons (Fsp3) is 0.300. The lowest BCUT2D eigenvalue weighted by Gasteiger charge is -2.05. The van der Waals surface area contributed by atoms with E-state index >= 15 is 0 Å². The fourth-order valence-electron chi connectivity index (χ4n) is 1.12. The van der Waals surface area contributed by atoms with Crippen LogP contribution in [0.1, 0.15) is 23.7 Å². The topological polar surface area (TPSA) is 89.3 Å². The lowest BCUT2D eigenvalue weighted by atomic mass is 10.2. The molecule has 5 nitrogen and oxygen atoms in total. The monoisotopic (exact) mass is 242 g/mol. The summed E-state index contributed by atoms with van der Waals surface area (Å²) in [5.74, 6) is -0.578. The van der Waals surface area contributed by atoms with Gasteiger partial charge in [0.25, 0.3) is 0 Å². The Bertz CT molecular complexity index is 465. The van der Waals surface area contributed by atoms with E-state index in [9.17, 15) is 13.2 Å². The average molecular weight is 242 g/mol. The number of rotatable bonds is 5. The van der Waals surface area contributed by atoms with Crippen LogP contribution >= 0.6 is 0 Å². The van der Waals surface area contributed by atoms with Gasteiger partial charge in [-0.2, -0.15) is 0 Å². The van der Waals surface area contributed by atoms with E-state index < -0.39 is 15.9 Å². The van der Waals surface area contributed by atoms with Gasteiger partial charge in [0.05, 0.1) is 4.90 Å². The Morgan fingerprint density at radius 3 is 2.31 bits per heavy atom. The van der Waals surface area contributed by atoms with Crippen molar-refractivity contribution in [2.45, 2.75) is 18.2 Å². The van der Waals surface area contributed by atoms with E-state index in [1.807, 2.05) is 6.92 Å². The van der Waals surface area contributed by atoms with Gasteiger partial charge < -0.3 is 5.73 Å². The van der Waals surface area contributed by atoms with Gasteiger partial charge in [-0.15, -0.1) is 0 Å². The normalized spacial score (nSPS) is 11.3. The van der Waals surface area contributed by atoms with E-state index in [1.54, 1.807) is 0 Å². The first-order valence-electron chi connectivity index (χ1n) is 4.87. The maximum absolute atomic E-state index is 11.6. The summed E-state index contributed by atoms with van der Waals surface area (Å²) in [7, 11) is -3.47. The second kappa shape index (κ2) is 5.09. The number of primary amides is 1. The molecule has 1 aromatic rings. The SMILES string of the molecule is CCCNS(=O)(=O)c1ccc(C(N)=O)cc1. The minimum atomic E-state index is -3.47. The van der Waals surface area contributed by atoms with Gasteiger partial charge in [-0.25, -0.2) is 13.1 Å². The Balaban J connectivity index is 2.93. The lowest BCUT2D eigenvalue weighted by Crippen LogP contribution is -2.24. The van der Waals surface area contributed by atoms with Crippen molar-refractivity contribution >= 4 is 15.9 Å². The Hall–Kier alpha value is -1.40. The van der Waals surface area contributed by atoms with Crippen LogP contribution in [0, 0.1) is 0 Å². The molecule has 0 aliphatic rings. The lowest BCUT2D eigenvalue weighted by molar-refractivity contribution is 0.1000. The zero-order chi connectivity index (χ0) is 12.2. The summed E-state index contributed by atoms with van der Waals surface area (Å²) in [6, 6.07) is 5.50. The van der Waals surface area contributed by atoms with Gasteiger partial charge in [0.15, 0.2) is 0 Å². The van der Waals surface area contributed by atoms with Crippen LogP contribution in [0.2, 0.25) is 0 Å². The van der Waals surface area contributed by atoms with E-state index in [2.05, 4.69) is 4.72 Å². The highest BCUT2D eigenvalue weighted by atomic mass is 32.2. The maximum Gasteiger partial charge on any atom is 0.248 e. The van der Waals surface area contributed by atoms with Crippen molar-refractivity contribution in [2.24, 2.45) is 5.73 Å². The molecule has 0 aliphatic heterocycles. The van der Waals surface area contributed by atoms with Crippen LogP contribution in [0.4, 0.5) is 0 Å². The molecule has 0 aromatic heterocycles. The van der Waals surface area contributed by atoms with Crippen molar-refractivity contribution < 1.29 is 13.2 Å². The third-order valence-corrected chi connectivity index (χ3v) is 3.47. The fourth-order valence-corrected chi connectivity index (χ4v) is 2.25. The zero-order valence-corrected chi connectivity index (χ0v) is 9.75. The van der Waals surface area contributed by atoms with E-state index in [0.717, 1.165) is 6.42 Å². The highest BCUT2D eigenvalue weighted by Crippen LogP contribution is 2.09. The molecule has 0 saturated carbocycles. The molecule has 0 spiro atoms. The molecular weight excluding hydrogens is 228 g/mol. The van der Waals surface area contributed by atoms with Gasteiger partial charge in [-0.05, 0) is 30.7 Å². The molecule has 0 heterocycles. The number of benzene rings is 1. The van der Waals surface area contributed by atoms with Crippen molar-refractivity contribution in [3.05, 3.63) is 29.8 Å². The van der Waals surface area contributed by atoms with Gasteiger partial charge in [0, 0.05) is 12.1 Å². The van der Waals surface area contributed by atoms with Crippen molar-refractivity contribution in [1.82, 2.24) is 4.72 Å². The van der Waals surface area contributed by atoms with Gasteiger partial charge in [0.1, 0.15) is 0 Å². The number of carbonyl (C=O) groups is 1. The van der Waals surface area contributed by atoms with E-state index in [-0.39, 0.29) is 10.5 Å². The van der Waals surface area contributed by atoms with Crippen molar-refractivity contribution in [3.8, 4) is 0 Å². The minimum Gasteiger partial charge on any atom is -0.366 e. The smallest absolute Gasteiger partial charge is 0.248 e. The molecule has 1 rings (SSSR count). The first-order valence-corrected chi connectivity index (χ1v) is 6.35. The molecule has 1 aromatic carbocycles. The predicted molar refractivity (Wildman–Crippen MR) is 60.4 cm³/mol. The van der Waals surface area contributed by atoms with Crippen LogP contribution in [0.15, 0.2) is 29.2 Å². The number of carbonyl (C=O) groups excluding carboxylic acids is 1. The van der Waals surface area contributed by atoms with Gasteiger partial charge in [0.2, 0.25) is 15.9 Å². The quantitative estimate of drug-likeness (QED) is 0.786. The molecule has 0 fully saturated rings. The molecular formula is C10H14N2O3S. The number of hydrogen-bond donors (Lipinski definition) is 2. The highest BCUT2D eigenvalue weighted by molar-refractivity contribution is 7.89. The average Bonchev–Trinajstić information content (AvgIpc) is 2.26. The molecule has 0 radical (unpaired) electrons. The molecule has 6 heteroatoms. The zero-order valence-electron chi connectivity index (χ0n) is 8.93. The standard InChI is InChI=1S/C10H14N2O3S/c1-2-7-12-16(14,15)9-5-3-8(4-6-9)10(11)13/h3-6,12H,2,7H2,1H3,(H2,11,13). The number of sulfonamides is 1. The summed E-state index contributed by atoms with van der Waals surface area (Å²) in [5, 5.41) is 0. The predicted octanol–water partition coefficient (Wildman–Crippen LogP) is 0.474. The third-order valence-electron chi connectivity index (χ3n) is 1.99. The Morgan fingerprint density at radius 1 is 1.31 bits per heavy atom. The minimum absolute atomic E-state index is 0.131. The summed E-state index contributed by atoms with van der Waals surface area (Å²) >= 11 is 0. The third kappa shape index (κ3) is 3.04. The maximum atomic E-state index is 11.6. The first kappa shape index (κ1) is 12.7. The molecule has 16 heavy (non-hydrogen) atoms. The Morgan fingerprint density at radius 2 is 1.88 bits per heavy atom. The van der Waals surface area contributed by atoms with Crippen molar-refractivity contribution in [1.29, 1.82) is 0 Å². The second-order valence-corrected chi connectivity index (χ2v) is 5.05. The molecule has 1 amide bonds. The van der Waals surface area contributed by atoms with Crippen LogP contribution in [0.5, 0.6) is 0 Å². The number of hydrogen-bond acceptors (Lipinski definition) is 3. The van der Waals surface area contributed by atoms with Crippen LogP contribution in [0.25, 0.3) is 0 Å². The molecule has 0 unspecified atom stereocenters. The van der Waals surface area contributed by atoms with Gasteiger partial charge in [-0.3, -0.25) is 4.79 Å². The molecule has 0 bridgehead atoms. The Labute approximate surface area is 94.7 Å². The van der Waals surface area contributed by atoms with Crippen molar-refractivity contribution in [3.63, 3.8) is 0 Å². The summed E-state index contributed by atoms with van der Waals surface area (Å²) < 4.78 is 25.7. The highest BCUT2D eigenvalue weighted by Gasteiger charge is 2.12. The molecule has 0 aliphatic carbocycles. The second-order valence-electron chi connectivity index (χ2n) is 3.29. The van der Waals surface area contributed by atoms with Gasteiger partial charge >= 0.3 is 0 Å². The first-order chi connectivity index (χ1) is 7.47.